The van der Waals surface area contributed by atoms with Gasteiger partial charge in [0.1, 0.15) is 5.75 Å². The number of rotatable bonds is 3. The highest BCUT2D eigenvalue weighted by molar-refractivity contribution is 8.10. The first-order valence-corrected chi connectivity index (χ1v) is 9.67. The van der Waals surface area contributed by atoms with E-state index < -0.39 is 6.64 Å². The monoisotopic (exact) mass is 339 g/mol. The number of anilines is 1. The molecule has 1 saturated heterocycles. The number of nitrogens with zero attached hydrogens (tertiary/aromatic N) is 1. The predicted molar refractivity (Wildman–Crippen MR) is 90.7 cm³/mol. The van der Waals surface area contributed by atoms with Crippen molar-refractivity contribution in [1.82, 2.24) is 0 Å². The highest BCUT2D eigenvalue weighted by Gasteiger charge is 2.33. The quantitative estimate of drug-likeness (QED) is 0.744. The Morgan fingerprint density at radius 3 is 2.71 bits per heavy atom. The van der Waals surface area contributed by atoms with Gasteiger partial charge in [0, 0.05) is 17.3 Å². The van der Waals surface area contributed by atoms with Crippen molar-refractivity contribution in [3.05, 3.63) is 59.6 Å². The Labute approximate surface area is 134 Å². The van der Waals surface area contributed by atoms with E-state index in [1.54, 1.807) is 12.1 Å². The second-order valence-electron chi connectivity index (χ2n) is 4.66. The summed E-state index contributed by atoms with van der Waals surface area (Å²) in [5, 5.41) is 0.623. The summed E-state index contributed by atoms with van der Waals surface area (Å²) in [6, 6.07) is 17.3. The normalized spacial score (nSPS) is 22.0. The number of halogens is 1. The van der Waals surface area contributed by atoms with Gasteiger partial charge in [0.2, 0.25) is 0 Å². The summed E-state index contributed by atoms with van der Waals surface area (Å²) in [5.74, 6) is 0.647. The van der Waals surface area contributed by atoms with Gasteiger partial charge in [0.25, 0.3) is 0 Å². The van der Waals surface area contributed by atoms with Gasteiger partial charge in [-0.2, -0.15) is 0 Å². The third-order valence-electron chi connectivity index (χ3n) is 3.14. The van der Waals surface area contributed by atoms with Crippen LogP contribution in [0, 0.1) is 0 Å². The van der Waals surface area contributed by atoms with Gasteiger partial charge in [0.05, 0.1) is 6.61 Å². The molecule has 1 heterocycles. The zero-order valence-corrected chi connectivity index (χ0v) is 13.8. The van der Waals surface area contributed by atoms with Gasteiger partial charge in [-0.3, -0.25) is 4.67 Å². The maximum atomic E-state index is 6.04. The maximum absolute atomic E-state index is 6.04. The number of para-hydroxylation sites is 1. The van der Waals surface area contributed by atoms with Gasteiger partial charge in [-0.1, -0.05) is 35.9 Å². The molecular weight excluding hydrogens is 325 g/mol. The van der Waals surface area contributed by atoms with Crippen molar-refractivity contribution < 1.29 is 9.05 Å². The van der Waals surface area contributed by atoms with Crippen molar-refractivity contribution in [3.8, 4) is 5.75 Å². The molecule has 1 atom stereocenters. The molecule has 1 aliphatic heterocycles. The first kappa shape index (κ1) is 14.9. The van der Waals surface area contributed by atoms with Gasteiger partial charge in [-0.25, -0.2) is 0 Å². The Kier molecular flexibility index (Phi) is 4.51. The molecule has 2 aromatic rings. The molecule has 110 valence electrons. The van der Waals surface area contributed by atoms with Crippen molar-refractivity contribution >= 4 is 35.7 Å². The lowest BCUT2D eigenvalue weighted by atomic mass is 10.3. The van der Waals surface area contributed by atoms with E-state index in [1.807, 2.05) is 42.5 Å². The van der Waals surface area contributed by atoms with Crippen LogP contribution in [0.25, 0.3) is 0 Å². The predicted octanol–water partition coefficient (Wildman–Crippen LogP) is 4.87. The van der Waals surface area contributed by atoms with Crippen LogP contribution in [0.15, 0.2) is 54.6 Å². The van der Waals surface area contributed by atoms with Gasteiger partial charge in [0.15, 0.2) is 0 Å². The Morgan fingerprint density at radius 1 is 1.14 bits per heavy atom. The SMILES string of the molecule is S=P1(Oc2cccc(Cl)c2)OCCCN1c1ccccc1. The molecule has 0 radical (unpaired) electrons. The topological polar surface area (TPSA) is 21.7 Å². The minimum atomic E-state index is -2.58. The number of benzene rings is 2. The molecule has 1 unspecified atom stereocenters. The second kappa shape index (κ2) is 6.37. The van der Waals surface area contributed by atoms with E-state index in [2.05, 4.69) is 4.67 Å². The molecule has 0 aromatic heterocycles. The Hall–Kier alpha value is -1.06. The van der Waals surface area contributed by atoms with Gasteiger partial charge in [-0.15, -0.1) is 0 Å². The van der Waals surface area contributed by atoms with Crippen LogP contribution in [-0.4, -0.2) is 13.2 Å². The minimum absolute atomic E-state index is 0.623. The van der Waals surface area contributed by atoms with Crippen LogP contribution in [-0.2, 0) is 16.3 Å². The average molecular weight is 340 g/mol. The fraction of sp³-hybridized carbons (Fsp3) is 0.200. The molecule has 0 aliphatic carbocycles. The molecule has 0 bridgehead atoms. The van der Waals surface area contributed by atoms with Crippen LogP contribution in [0.3, 0.4) is 0 Å². The largest absolute Gasteiger partial charge is 0.429 e. The number of hydrogen-bond donors (Lipinski definition) is 0. The zero-order chi connectivity index (χ0) is 14.7. The summed E-state index contributed by atoms with van der Waals surface area (Å²) in [7, 11) is 0. The van der Waals surface area contributed by atoms with E-state index in [0.717, 1.165) is 18.7 Å². The van der Waals surface area contributed by atoms with E-state index in [9.17, 15) is 0 Å². The lowest BCUT2D eigenvalue weighted by Crippen LogP contribution is -2.30. The Morgan fingerprint density at radius 2 is 1.95 bits per heavy atom. The van der Waals surface area contributed by atoms with Crippen molar-refractivity contribution in [3.63, 3.8) is 0 Å². The van der Waals surface area contributed by atoms with E-state index in [-0.39, 0.29) is 0 Å². The minimum Gasteiger partial charge on any atom is -0.429 e. The molecule has 1 fully saturated rings. The molecule has 6 heteroatoms. The Balaban J connectivity index is 1.91. The average Bonchev–Trinajstić information content (AvgIpc) is 2.48. The lowest BCUT2D eigenvalue weighted by Gasteiger charge is -2.38. The van der Waals surface area contributed by atoms with E-state index >= 15 is 0 Å². The highest BCUT2D eigenvalue weighted by Crippen LogP contribution is 2.56. The first-order chi connectivity index (χ1) is 10.2. The fourth-order valence-corrected chi connectivity index (χ4v) is 5.21. The van der Waals surface area contributed by atoms with Crippen LogP contribution >= 0.6 is 18.2 Å². The first-order valence-electron chi connectivity index (χ1n) is 6.70. The molecule has 3 nitrogen and oxygen atoms in total. The van der Waals surface area contributed by atoms with Crippen molar-refractivity contribution in [2.75, 3.05) is 17.8 Å². The number of hydrogen-bond acceptors (Lipinski definition) is 3. The zero-order valence-electron chi connectivity index (χ0n) is 11.3. The van der Waals surface area contributed by atoms with Crippen LogP contribution in [0.5, 0.6) is 5.75 Å². The van der Waals surface area contributed by atoms with Crippen molar-refractivity contribution in [2.24, 2.45) is 0 Å². The summed E-state index contributed by atoms with van der Waals surface area (Å²) in [6.07, 6.45) is 0.937. The summed E-state index contributed by atoms with van der Waals surface area (Å²) in [6.45, 7) is -1.12. The Bertz CT molecular complexity index is 668. The lowest BCUT2D eigenvalue weighted by molar-refractivity contribution is 0.286. The summed E-state index contributed by atoms with van der Waals surface area (Å²) >= 11 is 11.7. The summed E-state index contributed by atoms with van der Waals surface area (Å²) in [4.78, 5) is 0. The van der Waals surface area contributed by atoms with Gasteiger partial charge >= 0.3 is 6.64 Å². The molecule has 3 rings (SSSR count). The molecule has 1 aliphatic rings. The van der Waals surface area contributed by atoms with E-state index in [1.165, 1.54) is 0 Å². The highest BCUT2D eigenvalue weighted by atomic mass is 35.5. The van der Waals surface area contributed by atoms with E-state index in [4.69, 9.17) is 32.5 Å². The fourth-order valence-electron chi connectivity index (χ4n) is 2.19. The standard InChI is InChI=1S/C15H15ClNO2PS/c16-13-6-4-9-15(12-13)19-20(21)17(10-5-11-18-20)14-7-2-1-3-8-14/h1-4,6-9,12H,5,10-11H2. The third-order valence-corrected chi connectivity index (χ3v) is 6.47. The van der Waals surface area contributed by atoms with Crippen LogP contribution in [0.4, 0.5) is 5.69 Å². The second-order valence-corrected chi connectivity index (χ2v) is 8.34. The smallest absolute Gasteiger partial charge is 0.342 e. The van der Waals surface area contributed by atoms with Crippen molar-refractivity contribution in [2.45, 2.75) is 6.42 Å². The molecular formula is C15H15ClNO2PS. The molecule has 0 amide bonds. The molecule has 21 heavy (non-hydrogen) atoms. The summed E-state index contributed by atoms with van der Waals surface area (Å²) < 4.78 is 14.0. The molecule has 2 aromatic carbocycles. The van der Waals surface area contributed by atoms with Crippen LogP contribution < -0.4 is 9.19 Å². The molecule has 0 N–H and O–H groups in total. The van der Waals surface area contributed by atoms with Crippen LogP contribution in [0.2, 0.25) is 5.02 Å². The van der Waals surface area contributed by atoms with Gasteiger partial charge in [-0.05, 0) is 48.6 Å². The van der Waals surface area contributed by atoms with Crippen molar-refractivity contribution in [1.29, 1.82) is 0 Å². The summed E-state index contributed by atoms with van der Waals surface area (Å²) in [5.41, 5.74) is 1.03. The molecule has 0 spiro atoms. The molecule has 0 saturated carbocycles. The third kappa shape index (κ3) is 3.41. The maximum Gasteiger partial charge on any atom is 0.342 e. The van der Waals surface area contributed by atoms with Gasteiger partial charge < -0.3 is 9.05 Å². The van der Waals surface area contributed by atoms with Crippen LogP contribution in [0.1, 0.15) is 6.42 Å². The van der Waals surface area contributed by atoms with E-state index in [0.29, 0.717) is 17.4 Å².